The zero-order valence-corrected chi connectivity index (χ0v) is 12.1. The van der Waals surface area contributed by atoms with E-state index in [4.69, 9.17) is 9.47 Å². The van der Waals surface area contributed by atoms with E-state index in [1.807, 2.05) is 27.7 Å². The highest BCUT2D eigenvalue weighted by Crippen LogP contribution is 2.46. The summed E-state index contributed by atoms with van der Waals surface area (Å²) in [5.41, 5.74) is -0.712. The third kappa shape index (κ3) is 1.59. The lowest BCUT2D eigenvalue weighted by atomic mass is 9.84. The molecule has 1 atom stereocenters. The SMILES string of the molecule is CC1(C)NC(O)(c2ccc3cc2OCO3)N(O)C1(C)C. The molecule has 6 heteroatoms. The second-order valence-corrected chi connectivity index (χ2v) is 6.36. The van der Waals surface area contributed by atoms with Crippen molar-refractivity contribution in [3.63, 3.8) is 0 Å². The second-order valence-electron chi connectivity index (χ2n) is 6.36. The number of aliphatic hydroxyl groups is 1. The van der Waals surface area contributed by atoms with Crippen LogP contribution in [0.15, 0.2) is 18.2 Å². The molecule has 110 valence electrons. The van der Waals surface area contributed by atoms with Gasteiger partial charge in [0.2, 0.25) is 12.6 Å². The first-order valence-electron chi connectivity index (χ1n) is 6.59. The number of hydrogen-bond acceptors (Lipinski definition) is 6. The summed E-state index contributed by atoms with van der Waals surface area (Å²) in [4.78, 5) is 0. The lowest BCUT2D eigenvalue weighted by Crippen LogP contribution is -2.52. The molecule has 0 amide bonds. The molecule has 1 fully saturated rings. The molecule has 0 spiro atoms. The van der Waals surface area contributed by atoms with E-state index in [0.717, 1.165) is 5.06 Å². The van der Waals surface area contributed by atoms with Crippen LogP contribution in [0.25, 0.3) is 0 Å². The maximum absolute atomic E-state index is 11.0. The van der Waals surface area contributed by atoms with Crippen LogP contribution in [0.1, 0.15) is 33.3 Å². The lowest BCUT2D eigenvalue weighted by molar-refractivity contribution is -0.290. The van der Waals surface area contributed by atoms with E-state index in [9.17, 15) is 10.3 Å². The number of benzene rings is 1. The van der Waals surface area contributed by atoms with E-state index in [2.05, 4.69) is 5.32 Å². The van der Waals surface area contributed by atoms with Gasteiger partial charge in [-0.05, 0) is 39.8 Å². The highest BCUT2D eigenvalue weighted by Gasteiger charge is 2.61. The molecule has 0 saturated carbocycles. The Morgan fingerprint density at radius 3 is 2.50 bits per heavy atom. The average Bonchev–Trinajstić information content (AvgIpc) is 2.48. The van der Waals surface area contributed by atoms with Crippen molar-refractivity contribution in [2.24, 2.45) is 0 Å². The van der Waals surface area contributed by atoms with E-state index in [0.29, 0.717) is 17.1 Å². The minimum atomic E-state index is -1.71. The number of ether oxygens (including phenoxy) is 2. The number of nitrogens with one attached hydrogen (secondary N) is 1. The van der Waals surface area contributed by atoms with Crippen molar-refractivity contribution < 1.29 is 19.8 Å². The van der Waals surface area contributed by atoms with Gasteiger partial charge in [0.1, 0.15) is 11.5 Å². The maximum atomic E-state index is 11.0. The molecule has 1 aromatic rings. The first-order chi connectivity index (χ1) is 9.18. The first kappa shape index (κ1) is 13.6. The topological polar surface area (TPSA) is 74.2 Å². The monoisotopic (exact) mass is 280 g/mol. The Hall–Kier alpha value is -1.34. The van der Waals surface area contributed by atoms with Crippen LogP contribution in [0.2, 0.25) is 0 Å². The van der Waals surface area contributed by atoms with Crippen LogP contribution in [0.5, 0.6) is 11.5 Å². The van der Waals surface area contributed by atoms with E-state index in [1.165, 1.54) is 0 Å². The predicted molar refractivity (Wildman–Crippen MR) is 71.4 cm³/mol. The van der Waals surface area contributed by atoms with E-state index < -0.39 is 16.9 Å². The lowest BCUT2D eigenvalue weighted by Gasteiger charge is -2.37. The van der Waals surface area contributed by atoms with Gasteiger partial charge in [-0.15, -0.1) is 5.06 Å². The van der Waals surface area contributed by atoms with Crippen molar-refractivity contribution in [3.05, 3.63) is 23.8 Å². The largest absolute Gasteiger partial charge is 0.457 e. The Morgan fingerprint density at radius 2 is 1.90 bits per heavy atom. The van der Waals surface area contributed by atoms with Crippen LogP contribution in [-0.4, -0.2) is 33.2 Å². The Labute approximate surface area is 117 Å². The van der Waals surface area contributed by atoms with Gasteiger partial charge in [-0.2, -0.15) is 0 Å². The van der Waals surface area contributed by atoms with Crippen molar-refractivity contribution >= 4 is 0 Å². The zero-order valence-electron chi connectivity index (χ0n) is 12.1. The molecule has 3 N–H and O–H groups in total. The van der Waals surface area contributed by atoms with Gasteiger partial charge in [0.05, 0.1) is 11.1 Å². The molecule has 3 rings (SSSR count). The quantitative estimate of drug-likeness (QED) is 0.721. The highest BCUT2D eigenvalue weighted by molar-refractivity contribution is 5.45. The summed E-state index contributed by atoms with van der Waals surface area (Å²) in [5.74, 6) is -0.533. The van der Waals surface area contributed by atoms with Gasteiger partial charge in [-0.25, -0.2) is 0 Å². The Bertz CT molecular complexity index is 558. The fourth-order valence-corrected chi connectivity index (χ4v) is 2.65. The molecule has 0 aliphatic carbocycles. The third-order valence-electron chi connectivity index (χ3n) is 4.62. The van der Waals surface area contributed by atoms with Gasteiger partial charge in [-0.3, -0.25) is 5.32 Å². The van der Waals surface area contributed by atoms with Crippen molar-refractivity contribution in [1.82, 2.24) is 10.4 Å². The van der Waals surface area contributed by atoms with Crippen LogP contribution in [0.4, 0.5) is 0 Å². The molecule has 2 bridgehead atoms. The van der Waals surface area contributed by atoms with Crippen LogP contribution < -0.4 is 14.8 Å². The summed E-state index contributed by atoms with van der Waals surface area (Å²) in [7, 11) is 0. The number of hydrogen-bond donors (Lipinski definition) is 3. The summed E-state index contributed by atoms with van der Waals surface area (Å²) in [6.45, 7) is 7.68. The molecule has 2 heterocycles. The van der Waals surface area contributed by atoms with Crippen LogP contribution >= 0.6 is 0 Å². The standard InChI is InChI=1S/C14H20N2O4/c1-12(2)13(3,4)16(18)14(17,15-12)10-6-5-9-7-11(10)20-8-19-9/h5-7,15,17-18H,8H2,1-4H3. The summed E-state index contributed by atoms with van der Waals surface area (Å²) in [5, 5.41) is 25.5. The Morgan fingerprint density at radius 1 is 1.20 bits per heavy atom. The summed E-state index contributed by atoms with van der Waals surface area (Å²) in [6.07, 6.45) is 0. The van der Waals surface area contributed by atoms with Crippen molar-refractivity contribution in [1.29, 1.82) is 0 Å². The summed E-state index contributed by atoms with van der Waals surface area (Å²) < 4.78 is 10.7. The summed E-state index contributed by atoms with van der Waals surface area (Å²) in [6, 6.07) is 5.13. The predicted octanol–water partition coefficient (Wildman–Crippen LogP) is 1.37. The maximum Gasteiger partial charge on any atom is 0.230 e. The number of fused-ring (bicyclic) bond motifs is 2. The smallest absolute Gasteiger partial charge is 0.230 e. The molecule has 1 saturated heterocycles. The van der Waals surface area contributed by atoms with E-state index in [-0.39, 0.29) is 6.79 Å². The van der Waals surface area contributed by atoms with Crippen molar-refractivity contribution in [2.75, 3.05) is 6.79 Å². The Balaban J connectivity index is 2.11. The van der Waals surface area contributed by atoms with E-state index >= 15 is 0 Å². The number of nitrogens with zero attached hydrogens (tertiary/aromatic N) is 1. The highest BCUT2D eigenvalue weighted by atomic mass is 16.7. The second kappa shape index (κ2) is 3.85. The molecular formula is C14H20N2O4. The molecule has 2 aliphatic heterocycles. The van der Waals surface area contributed by atoms with Crippen LogP contribution in [0.3, 0.4) is 0 Å². The first-order valence-corrected chi connectivity index (χ1v) is 6.59. The fourth-order valence-electron chi connectivity index (χ4n) is 2.65. The van der Waals surface area contributed by atoms with Gasteiger partial charge in [0, 0.05) is 11.6 Å². The number of rotatable bonds is 1. The molecule has 6 nitrogen and oxygen atoms in total. The Kier molecular flexibility index (Phi) is 2.63. The van der Waals surface area contributed by atoms with Gasteiger partial charge < -0.3 is 19.8 Å². The fraction of sp³-hybridized carbons (Fsp3) is 0.571. The molecule has 0 radical (unpaired) electrons. The molecule has 1 aromatic carbocycles. The van der Waals surface area contributed by atoms with Crippen LogP contribution in [-0.2, 0) is 5.85 Å². The molecule has 20 heavy (non-hydrogen) atoms. The molecular weight excluding hydrogens is 260 g/mol. The van der Waals surface area contributed by atoms with Gasteiger partial charge in [0.15, 0.2) is 0 Å². The van der Waals surface area contributed by atoms with Crippen molar-refractivity contribution in [2.45, 2.75) is 44.6 Å². The minimum Gasteiger partial charge on any atom is -0.457 e. The minimum absolute atomic E-state index is 0.100. The summed E-state index contributed by atoms with van der Waals surface area (Å²) >= 11 is 0. The third-order valence-corrected chi connectivity index (χ3v) is 4.62. The van der Waals surface area contributed by atoms with Gasteiger partial charge >= 0.3 is 0 Å². The number of hydroxylamine groups is 2. The average molecular weight is 280 g/mol. The van der Waals surface area contributed by atoms with E-state index in [1.54, 1.807) is 18.2 Å². The molecule has 1 unspecified atom stereocenters. The normalized spacial score (nSPS) is 30.7. The van der Waals surface area contributed by atoms with Crippen molar-refractivity contribution in [3.8, 4) is 11.5 Å². The van der Waals surface area contributed by atoms with Crippen LogP contribution in [0, 0.1) is 0 Å². The van der Waals surface area contributed by atoms with Gasteiger partial charge in [0.25, 0.3) is 0 Å². The molecule has 2 aliphatic rings. The van der Waals surface area contributed by atoms with Gasteiger partial charge in [-0.1, -0.05) is 0 Å². The zero-order chi connectivity index (χ0) is 14.8. The molecule has 0 aromatic heterocycles.